The summed E-state index contributed by atoms with van der Waals surface area (Å²) >= 11 is 0. The van der Waals surface area contributed by atoms with Crippen molar-refractivity contribution in [2.75, 3.05) is 17.1 Å². The van der Waals surface area contributed by atoms with Gasteiger partial charge in [0.1, 0.15) is 0 Å². The first kappa shape index (κ1) is 23.0. The number of nitrogens with one attached hydrogen (secondary N) is 2. The molecule has 8 heteroatoms. The maximum atomic E-state index is 13.0. The predicted molar refractivity (Wildman–Crippen MR) is 124 cm³/mol. The number of aryl methyl sites for hydroxylation is 2. The van der Waals surface area contributed by atoms with Crippen molar-refractivity contribution < 1.29 is 22.7 Å². The molecule has 0 radical (unpaired) electrons. The number of hydrogen-bond acceptors (Lipinski definition) is 5. The third-order valence-corrected chi connectivity index (χ3v) is 6.55. The van der Waals surface area contributed by atoms with Crippen LogP contribution in [0.2, 0.25) is 0 Å². The van der Waals surface area contributed by atoms with Crippen LogP contribution in [0.3, 0.4) is 0 Å². The van der Waals surface area contributed by atoms with E-state index in [0.29, 0.717) is 28.1 Å². The van der Waals surface area contributed by atoms with E-state index in [1.807, 2.05) is 6.92 Å². The number of benzene rings is 3. The lowest BCUT2D eigenvalue weighted by Gasteiger charge is -2.14. The molecule has 0 saturated carbocycles. The maximum Gasteiger partial charge on any atom is 0.338 e. The molecule has 0 unspecified atom stereocenters. The van der Waals surface area contributed by atoms with Crippen LogP contribution in [0.1, 0.15) is 37.4 Å². The first-order valence-electron chi connectivity index (χ1n) is 9.82. The highest BCUT2D eigenvalue weighted by atomic mass is 32.2. The standard InChI is InChI=1S/C24H24N2O5S/c1-15-8-12-19(13-9-15)26-32(29,30)22-14-18(11-10-16(22)2)23(27)25-21-7-5-6-20(17(21)3)24(28)31-4/h5-14,26H,1-4H3,(H,25,27). The molecule has 0 fully saturated rings. The molecular formula is C24H24N2O5S. The van der Waals surface area contributed by atoms with Crippen LogP contribution < -0.4 is 10.0 Å². The van der Waals surface area contributed by atoms with Gasteiger partial charge in [-0.05, 0) is 68.3 Å². The molecule has 0 atom stereocenters. The Hall–Kier alpha value is -3.65. The van der Waals surface area contributed by atoms with Gasteiger partial charge in [-0.3, -0.25) is 9.52 Å². The predicted octanol–water partition coefficient (Wildman–Crippen LogP) is 4.45. The van der Waals surface area contributed by atoms with Gasteiger partial charge in [-0.2, -0.15) is 0 Å². The SMILES string of the molecule is COC(=O)c1cccc(NC(=O)c2ccc(C)c(S(=O)(=O)Nc3ccc(C)cc3)c2)c1C. The van der Waals surface area contributed by atoms with Gasteiger partial charge in [0.25, 0.3) is 15.9 Å². The summed E-state index contributed by atoms with van der Waals surface area (Å²) < 4.78 is 33.2. The fourth-order valence-corrected chi connectivity index (χ4v) is 4.49. The normalized spacial score (nSPS) is 11.0. The van der Waals surface area contributed by atoms with E-state index >= 15 is 0 Å². The summed E-state index contributed by atoms with van der Waals surface area (Å²) in [4.78, 5) is 24.8. The van der Waals surface area contributed by atoms with E-state index in [-0.39, 0.29) is 10.5 Å². The van der Waals surface area contributed by atoms with Gasteiger partial charge in [0, 0.05) is 16.9 Å². The molecule has 0 bridgehead atoms. The lowest BCUT2D eigenvalue weighted by molar-refractivity contribution is 0.0599. The number of carbonyl (C=O) groups excluding carboxylic acids is 2. The number of carbonyl (C=O) groups is 2. The third-order valence-electron chi connectivity index (χ3n) is 5.03. The molecule has 3 rings (SSSR count). The molecule has 0 heterocycles. The summed E-state index contributed by atoms with van der Waals surface area (Å²) in [7, 11) is -2.62. The summed E-state index contributed by atoms with van der Waals surface area (Å²) in [6, 6.07) is 16.3. The Morgan fingerprint density at radius 1 is 0.906 bits per heavy atom. The monoisotopic (exact) mass is 452 g/mol. The van der Waals surface area contributed by atoms with E-state index < -0.39 is 21.9 Å². The Morgan fingerprint density at radius 3 is 2.25 bits per heavy atom. The van der Waals surface area contributed by atoms with Crippen LogP contribution in [-0.4, -0.2) is 27.4 Å². The number of ether oxygens (including phenoxy) is 1. The maximum absolute atomic E-state index is 13.0. The number of esters is 1. The number of amides is 1. The minimum Gasteiger partial charge on any atom is -0.465 e. The Labute approximate surface area is 187 Å². The van der Waals surface area contributed by atoms with Crippen molar-refractivity contribution in [1.29, 1.82) is 0 Å². The molecule has 0 aliphatic heterocycles. The molecule has 0 saturated heterocycles. The molecule has 7 nitrogen and oxygen atoms in total. The van der Waals surface area contributed by atoms with Crippen LogP contribution >= 0.6 is 0 Å². The lowest BCUT2D eigenvalue weighted by atomic mass is 10.1. The molecule has 2 N–H and O–H groups in total. The van der Waals surface area contributed by atoms with Gasteiger partial charge < -0.3 is 10.1 Å². The minimum absolute atomic E-state index is 0.00533. The molecule has 3 aromatic rings. The van der Waals surface area contributed by atoms with Crippen LogP contribution in [0.4, 0.5) is 11.4 Å². The highest BCUT2D eigenvalue weighted by molar-refractivity contribution is 7.92. The van der Waals surface area contributed by atoms with Crippen molar-refractivity contribution in [1.82, 2.24) is 0 Å². The van der Waals surface area contributed by atoms with Gasteiger partial charge in [-0.1, -0.05) is 29.8 Å². The zero-order valence-corrected chi connectivity index (χ0v) is 19.0. The second-order valence-corrected chi connectivity index (χ2v) is 9.03. The van der Waals surface area contributed by atoms with E-state index in [9.17, 15) is 18.0 Å². The summed E-state index contributed by atoms with van der Waals surface area (Å²) in [6.07, 6.45) is 0. The van der Waals surface area contributed by atoms with Gasteiger partial charge in [-0.25, -0.2) is 13.2 Å². The van der Waals surface area contributed by atoms with Crippen LogP contribution in [0.25, 0.3) is 0 Å². The number of sulfonamides is 1. The highest BCUT2D eigenvalue weighted by Crippen LogP contribution is 2.24. The van der Waals surface area contributed by atoms with E-state index in [1.54, 1.807) is 68.4 Å². The first-order chi connectivity index (χ1) is 15.1. The summed E-state index contributed by atoms with van der Waals surface area (Å²) in [5.41, 5.74) is 3.43. The molecule has 0 aliphatic carbocycles. The largest absolute Gasteiger partial charge is 0.465 e. The molecular weight excluding hydrogens is 428 g/mol. The Kier molecular flexibility index (Phi) is 6.64. The van der Waals surface area contributed by atoms with Gasteiger partial charge in [0.05, 0.1) is 17.6 Å². The second-order valence-electron chi connectivity index (χ2n) is 7.38. The molecule has 0 spiro atoms. The van der Waals surface area contributed by atoms with E-state index in [2.05, 4.69) is 10.0 Å². The third kappa shape index (κ3) is 4.97. The van der Waals surface area contributed by atoms with Crippen molar-refractivity contribution in [3.8, 4) is 0 Å². The zero-order chi connectivity index (χ0) is 23.5. The quantitative estimate of drug-likeness (QED) is 0.538. The van der Waals surface area contributed by atoms with Gasteiger partial charge >= 0.3 is 5.97 Å². The molecule has 3 aromatic carbocycles. The van der Waals surface area contributed by atoms with Gasteiger partial charge in [0.2, 0.25) is 0 Å². The van der Waals surface area contributed by atoms with E-state index in [4.69, 9.17) is 4.74 Å². The molecule has 0 aliphatic rings. The van der Waals surface area contributed by atoms with Crippen molar-refractivity contribution in [2.24, 2.45) is 0 Å². The van der Waals surface area contributed by atoms with Crippen molar-refractivity contribution in [3.05, 3.63) is 88.5 Å². The number of rotatable bonds is 6. The smallest absolute Gasteiger partial charge is 0.338 e. The molecule has 0 aromatic heterocycles. The van der Waals surface area contributed by atoms with Crippen LogP contribution in [0.5, 0.6) is 0 Å². The van der Waals surface area contributed by atoms with E-state index in [0.717, 1.165) is 5.56 Å². The summed E-state index contributed by atoms with van der Waals surface area (Å²) in [5.74, 6) is -1.01. The van der Waals surface area contributed by atoms with Crippen molar-refractivity contribution >= 4 is 33.3 Å². The summed E-state index contributed by atoms with van der Waals surface area (Å²) in [5, 5.41) is 2.74. The number of hydrogen-bond donors (Lipinski definition) is 2. The van der Waals surface area contributed by atoms with Crippen molar-refractivity contribution in [2.45, 2.75) is 25.7 Å². The van der Waals surface area contributed by atoms with Crippen LogP contribution in [0.15, 0.2) is 65.6 Å². The fraction of sp³-hybridized carbons (Fsp3) is 0.167. The summed E-state index contributed by atoms with van der Waals surface area (Å²) in [6.45, 7) is 5.26. The lowest BCUT2D eigenvalue weighted by Crippen LogP contribution is -2.18. The average molecular weight is 453 g/mol. The average Bonchev–Trinajstić information content (AvgIpc) is 2.76. The highest BCUT2D eigenvalue weighted by Gasteiger charge is 2.20. The molecule has 32 heavy (non-hydrogen) atoms. The topological polar surface area (TPSA) is 102 Å². The first-order valence-corrected chi connectivity index (χ1v) is 11.3. The van der Waals surface area contributed by atoms with E-state index in [1.165, 1.54) is 13.2 Å². The minimum atomic E-state index is -3.91. The van der Waals surface area contributed by atoms with Gasteiger partial charge in [-0.15, -0.1) is 0 Å². The molecule has 166 valence electrons. The Balaban J connectivity index is 1.89. The van der Waals surface area contributed by atoms with Gasteiger partial charge in [0.15, 0.2) is 0 Å². The molecule has 1 amide bonds. The zero-order valence-electron chi connectivity index (χ0n) is 18.2. The van der Waals surface area contributed by atoms with Crippen LogP contribution in [0, 0.1) is 20.8 Å². The Morgan fingerprint density at radius 2 is 1.59 bits per heavy atom. The van der Waals surface area contributed by atoms with Crippen LogP contribution in [-0.2, 0) is 14.8 Å². The fourth-order valence-electron chi connectivity index (χ4n) is 3.16. The number of anilines is 2. The number of methoxy groups -OCH3 is 1. The Bertz CT molecular complexity index is 1280. The van der Waals surface area contributed by atoms with Crippen molar-refractivity contribution in [3.63, 3.8) is 0 Å². The second kappa shape index (κ2) is 9.23.